The Morgan fingerprint density at radius 1 is 1.15 bits per heavy atom. The highest BCUT2D eigenvalue weighted by atomic mass is 32.2. The largest absolute Gasteiger partial charge is 0.468 e. The van der Waals surface area contributed by atoms with Crippen molar-refractivity contribution in [1.82, 2.24) is 9.62 Å². The summed E-state index contributed by atoms with van der Waals surface area (Å²) in [6, 6.07) is 9.97. The van der Waals surface area contributed by atoms with Crippen molar-refractivity contribution in [3.05, 3.63) is 48.4 Å². The minimum atomic E-state index is -3.78. The number of rotatable bonds is 9. The topological polar surface area (TPSA) is 113 Å². The number of anilines is 1. The summed E-state index contributed by atoms with van der Waals surface area (Å²) in [6.45, 7) is 2.61. The number of amidine groups is 1. The maximum absolute atomic E-state index is 12.9. The molecule has 2 aliphatic rings. The van der Waals surface area contributed by atoms with Gasteiger partial charge in [0.25, 0.3) is 10.0 Å². The van der Waals surface area contributed by atoms with Crippen LogP contribution in [0.3, 0.4) is 0 Å². The van der Waals surface area contributed by atoms with Crippen LogP contribution < -0.4 is 10.0 Å². The Labute approximate surface area is 200 Å². The minimum absolute atomic E-state index is 0.0871. The molecule has 4 rings (SSSR count). The maximum Gasteiger partial charge on any atom is 0.262 e. The zero-order valence-corrected chi connectivity index (χ0v) is 20.1. The van der Waals surface area contributed by atoms with Crippen LogP contribution in [0.1, 0.15) is 44.3 Å². The first-order valence-corrected chi connectivity index (χ1v) is 13.3. The number of aliphatic imine (C=N–C) groups is 1. The molecule has 1 unspecified atom stereocenters. The molecule has 9 nitrogen and oxygen atoms in total. The lowest BCUT2D eigenvalue weighted by molar-refractivity contribution is -0.117. The fourth-order valence-corrected chi connectivity index (χ4v) is 5.33. The van der Waals surface area contributed by atoms with E-state index in [2.05, 4.69) is 15.0 Å². The van der Waals surface area contributed by atoms with Gasteiger partial charge in [0.05, 0.1) is 30.4 Å². The van der Waals surface area contributed by atoms with Crippen molar-refractivity contribution < 1.29 is 22.4 Å². The van der Waals surface area contributed by atoms with Gasteiger partial charge in [0, 0.05) is 31.8 Å². The van der Waals surface area contributed by atoms with Crippen LogP contribution in [0.4, 0.5) is 5.69 Å². The molecular weight excluding hydrogens is 456 g/mol. The van der Waals surface area contributed by atoms with E-state index in [0.717, 1.165) is 44.5 Å². The molecule has 0 saturated carbocycles. The molecule has 1 saturated heterocycles. The molecule has 0 spiro atoms. The van der Waals surface area contributed by atoms with Crippen molar-refractivity contribution in [3.8, 4) is 0 Å². The van der Waals surface area contributed by atoms with Gasteiger partial charge in [-0.1, -0.05) is 12.5 Å². The zero-order valence-electron chi connectivity index (χ0n) is 19.2. The number of carbonyl (C=O) groups is 1. The van der Waals surface area contributed by atoms with Gasteiger partial charge in [0.1, 0.15) is 11.6 Å². The Hall–Kier alpha value is -2.69. The normalized spacial score (nSPS) is 19.0. The van der Waals surface area contributed by atoms with Gasteiger partial charge in [0.15, 0.2) is 0 Å². The molecule has 1 aromatic carbocycles. The van der Waals surface area contributed by atoms with Gasteiger partial charge >= 0.3 is 0 Å². The molecule has 1 atom stereocenters. The van der Waals surface area contributed by atoms with E-state index in [9.17, 15) is 13.2 Å². The van der Waals surface area contributed by atoms with Crippen molar-refractivity contribution in [1.29, 1.82) is 0 Å². The summed E-state index contributed by atoms with van der Waals surface area (Å²) < 4.78 is 39.5. The van der Waals surface area contributed by atoms with E-state index in [-0.39, 0.29) is 23.5 Å². The van der Waals surface area contributed by atoms with E-state index < -0.39 is 10.0 Å². The van der Waals surface area contributed by atoms with E-state index in [1.165, 1.54) is 12.1 Å². The standard InChI is InChI=1S/C24H32N4O5S/c29-24(18-28(16-20-8-5-13-32-20)17-21-9-6-14-33-21)26-19-7-4-10-22(15-19)34(30,31)27-23-11-2-1-3-12-25-23/h4-5,7-8,10,13,15,21H,1-3,6,9,11-12,14,16-18H2,(H,25,27)(H,26,29). The molecule has 2 N–H and O–H groups in total. The number of nitrogens with zero attached hydrogens (tertiary/aromatic N) is 2. The predicted molar refractivity (Wildman–Crippen MR) is 129 cm³/mol. The maximum atomic E-state index is 12.9. The first kappa shape index (κ1) is 24.4. The second-order valence-electron chi connectivity index (χ2n) is 8.70. The highest BCUT2D eigenvalue weighted by molar-refractivity contribution is 7.90. The second-order valence-corrected chi connectivity index (χ2v) is 10.4. The lowest BCUT2D eigenvalue weighted by Crippen LogP contribution is -2.37. The summed E-state index contributed by atoms with van der Waals surface area (Å²) in [5.41, 5.74) is 0.422. The fraction of sp³-hybridized carbons (Fsp3) is 0.500. The van der Waals surface area contributed by atoms with Crippen LogP contribution >= 0.6 is 0 Å². The zero-order chi connectivity index (χ0) is 23.8. The highest BCUT2D eigenvalue weighted by Gasteiger charge is 2.22. The van der Waals surface area contributed by atoms with Gasteiger partial charge in [-0.3, -0.25) is 19.4 Å². The Bertz CT molecular complexity index is 1080. The Morgan fingerprint density at radius 3 is 2.85 bits per heavy atom. The van der Waals surface area contributed by atoms with Crippen LogP contribution in [0.2, 0.25) is 0 Å². The van der Waals surface area contributed by atoms with Gasteiger partial charge in [-0.2, -0.15) is 0 Å². The van der Waals surface area contributed by atoms with Gasteiger partial charge in [0.2, 0.25) is 5.91 Å². The Morgan fingerprint density at radius 2 is 2.06 bits per heavy atom. The number of carbonyl (C=O) groups excluding carboxylic acids is 1. The van der Waals surface area contributed by atoms with E-state index >= 15 is 0 Å². The van der Waals surface area contributed by atoms with Crippen LogP contribution in [0.15, 0.2) is 57.0 Å². The smallest absolute Gasteiger partial charge is 0.262 e. The van der Waals surface area contributed by atoms with Gasteiger partial charge < -0.3 is 14.5 Å². The third-order valence-corrected chi connectivity index (χ3v) is 7.25. The number of furan rings is 1. The fourth-order valence-electron chi connectivity index (χ4n) is 4.20. The third kappa shape index (κ3) is 7.15. The SMILES string of the molecule is O=C(CN(Cc1ccco1)CC1CCCO1)Nc1cccc(S(=O)(=O)NC2=NCCCCC2)c1. The third-order valence-electron chi connectivity index (χ3n) is 5.87. The summed E-state index contributed by atoms with van der Waals surface area (Å²) >= 11 is 0. The van der Waals surface area contributed by atoms with Crippen LogP contribution in [-0.2, 0) is 26.1 Å². The molecule has 0 bridgehead atoms. The van der Waals surface area contributed by atoms with E-state index in [4.69, 9.17) is 9.15 Å². The van der Waals surface area contributed by atoms with Crippen LogP contribution in [0.25, 0.3) is 0 Å². The molecule has 1 fully saturated rings. The van der Waals surface area contributed by atoms with Crippen molar-refractivity contribution in [2.75, 3.05) is 31.6 Å². The number of sulfonamides is 1. The first-order chi connectivity index (χ1) is 16.5. The van der Waals surface area contributed by atoms with Crippen molar-refractivity contribution >= 4 is 27.5 Å². The van der Waals surface area contributed by atoms with Crippen LogP contribution in [0.5, 0.6) is 0 Å². The van der Waals surface area contributed by atoms with Crippen molar-refractivity contribution in [3.63, 3.8) is 0 Å². The molecule has 34 heavy (non-hydrogen) atoms. The highest BCUT2D eigenvalue weighted by Crippen LogP contribution is 2.18. The molecule has 0 radical (unpaired) electrons. The Kier molecular flexibility index (Phi) is 8.36. The predicted octanol–water partition coefficient (Wildman–Crippen LogP) is 3.15. The number of amides is 1. The lowest BCUT2D eigenvalue weighted by atomic mass is 10.2. The molecule has 184 valence electrons. The number of benzene rings is 1. The summed E-state index contributed by atoms with van der Waals surface area (Å²) in [5, 5.41) is 2.83. The molecule has 2 aliphatic heterocycles. The quantitative estimate of drug-likeness (QED) is 0.561. The second kappa shape index (κ2) is 11.6. The molecule has 0 aliphatic carbocycles. The monoisotopic (exact) mass is 488 g/mol. The summed E-state index contributed by atoms with van der Waals surface area (Å²) in [7, 11) is -3.78. The Balaban J connectivity index is 1.39. The molecular formula is C24H32N4O5S. The summed E-state index contributed by atoms with van der Waals surface area (Å²) in [5.74, 6) is 1.03. The summed E-state index contributed by atoms with van der Waals surface area (Å²) in [4.78, 5) is 19.2. The average molecular weight is 489 g/mol. The molecule has 2 aromatic rings. The average Bonchev–Trinajstić information content (AvgIpc) is 3.45. The minimum Gasteiger partial charge on any atom is -0.468 e. The van der Waals surface area contributed by atoms with Crippen molar-refractivity contribution in [2.45, 2.75) is 56.1 Å². The van der Waals surface area contributed by atoms with Crippen molar-refractivity contribution in [2.24, 2.45) is 4.99 Å². The lowest BCUT2D eigenvalue weighted by Gasteiger charge is -2.23. The van der Waals surface area contributed by atoms with Crippen LogP contribution in [-0.4, -0.2) is 57.4 Å². The number of ether oxygens (including phenoxy) is 1. The van der Waals surface area contributed by atoms with E-state index in [0.29, 0.717) is 37.6 Å². The van der Waals surface area contributed by atoms with Gasteiger partial charge in [-0.25, -0.2) is 8.42 Å². The molecule has 1 amide bonds. The van der Waals surface area contributed by atoms with Gasteiger partial charge in [-0.05, 0) is 56.0 Å². The van der Waals surface area contributed by atoms with Gasteiger partial charge in [-0.15, -0.1) is 0 Å². The van der Waals surface area contributed by atoms with E-state index in [1.54, 1.807) is 18.4 Å². The molecule has 10 heteroatoms. The summed E-state index contributed by atoms with van der Waals surface area (Å²) in [6.07, 6.45) is 7.23. The number of hydrogen-bond acceptors (Lipinski definition) is 7. The number of hydrogen-bond donors (Lipinski definition) is 2. The van der Waals surface area contributed by atoms with Crippen LogP contribution in [0, 0.1) is 0 Å². The first-order valence-electron chi connectivity index (χ1n) is 11.8. The van der Waals surface area contributed by atoms with E-state index in [1.807, 2.05) is 17.0 Å². The number of nitrogens with one attached hydrogen (secondary N) is 2. The molecule has 3 heterocycles. The molecule has 1 aromatic heterocycles.